The summed E-state index contributed by atoms with van der Waals surface area (Å²) in [6.45, 7) is 0.791. The van der Waals surface area contributed by atoms with Gasteiger partial charge in [-0.2, -0.15) is 4.52 Å². The Bertz CT molecular complexity index is 954. The van der Waals surface area contributed by atoms with Crippen LogP contribution < -0.4 is 5.32 Å². The number of hydrogen-bond acceptors (Lipinski definition) is 4. The van der Waals surface area contributed by atoms with Gasteiger partial charge in [0.2, 0.25) is 5.82 Å². The number of halogens is 2. The van der Waals surface area contributed by atoms with Gasteiger partial charge in [-0.25, -0.2) is 8.78 Å². The summed E-state index contributed by atoms with van der Waals surface area (Å²) in [6, 6.07) is 12.1. The van der Waals surface area contributed by atoms with E-state index in [9.17, 15) is 8.78 Å². The molecule has 2 aromatic heterocycles. The van der Waals surface area contributed by atoms with Crippen LogP contribution in [0.4, 0.5) is 14.6 Å². The van der Waals surface area contributed by atoms with Gasteiger partial charge < -0.3 is 5.32 Å². The quantitative estimate of drug-likeness (QED) is 0.790. The Morgan fingerprint density at radius 3 is 2.96 bits per heavy atom. The van der Waals surface area contributed by atoms with Crippen molar-refractivity contribution in [1.82, 2.24) is 19.8 Å². The first-order valence-electron chi connectivity index (χ1n) is 8.50. The molecule has 1 spiro atoms. The molecule has 2 heterocycles. The molecule has 25 heavy (non-hydrogen) atoms. The Labute approximate surface area is 143 Å². The summed E-state index contributed by atoms with van der Waals surface area (Å²) in [5, 5.41) is 14.7. The van der Waals surface area contributed by atoms with E-state index in [1.165, 1.54) is 24.0 Å². The van der Waals surface area contributed by atoms with Gasteiger partial charge in [-0.05, 0) is 48.4 Å². The third-order valence-corrected chi connectivity index (χ3v) is 5.64. The molecular weight excluding hydrogens is 324 g/mol. The summed E-state index contributed by atoms with van der Waals surface area (Å²) < 4.78 is 27.0. The molecule has 2 aliphatic carbocycles. The van der Waals surface area contributed by atoms with E-state index in [0.29, 0.717) is 22.8 Å². The van der Waals surface area contributed by atoms with Crippen LogP contribution in [0.3, 0.4) is 0 Å². The summed E-state index contributed by atoms with van der Waals surface area (Å²) in [5.74, 6) is 0.706. The molecule has 0 unspecified atom stereocenters. The maximum Gasteiger partial charge on any atom is 0.299 e. The molecule has 0 radical (unpaired) electrons. The highest BCUT2D eigenvalue weighted by molar-refractivity contribution is 5.47. The first-order valence-corrected chi connectivity index (χ1v) is 8.50. The minimum atomic E-state index is -2.69. The van der Waals surface area contributed by atoms with Crippen molar-refractivity contribution in [3.63, 3.8) is 0 Å². The predicted molar refractivity (Wildman–Crippen MR) is 88.8 cm³/mol. The number of anilines is 1. The number of nitrogens with zero attached hydrogens (tertiary/aromatic N) is 4. The molecule has 5 rings (SSSR count). The van der Waals surface area contributed by atoms with Gasteiger partial charge in [0.05, 0.1) is 0 Å². The Balaban J connectivity index is 1.33. The molecular formula is C18H17F2N5. The maximum atomic E-state index is 12.9. The standard InChI is InChI=1S/C18H17F2N5/c19-16(20)17-23-22-15-6-5-14(24-25(15)17)21-10-12-9-18(12)8-7-11-3-1-2-4-13(11)18/h1-6,12,16H,7-10H2,(H,21,24)/t12-,18+/m1/s1. The van der Waals surface area contributed by atoms with Crippen molar-refractivity contribution >= 4 is 11.5 Å². The Kier molecular flexibility index (Phi) is 3.07. The van der Waals surface area contributed by atoms with Crippen molar-refractivity contribution in [2.75, 3.05) is 11.9 Å². The normalized spacial score (nSPS) is 24.2. The van der Waals surface area contributed by atoms with Crippen LogP contribution in [0.25, 0.3) is 5.65 Å². The fraction of sp³-hybridized carbons (Fsp3) is 0.389. The maximum absolute atomic E-state index is 12.9. The van der Waals surface area contributed by atoms with Crippen LogP contribution in [-0.2, 0) is 11.8 Å². The van der Waals surface area contributed by atoms with Crippen molar-refractivity contribution < 1.29 is 8.78 Å². The number of rotatable bonds is 4. The molecule has 0 saturated heterocycles. The fourth-order valence-electron chi connectivity index (χ4n) is 4.26. The van der Waals surface area contributed by atoms with E-state index in [2.05, 4.69) is 44.9 Å². The monoisotopic (exact) mass is 341 g/mol. The van der Waals surface area contributed by atoms with E-state index in [-0.39, 0.29) is 0 Å². The smallest absolute Gasteiger partial charge is 0.299 e. The number of fused-ring (bicyclic) bond motifs is 3. The van der Waals surface area contributed by atoms with Crippen molar-refractivity contribution in [3.05, 3.63) is 53.3 Å². The van der Waals surface area contributed by atoms with Crippen LogP contribution in [0, 0.1) is 5.92 Å². The number of benzene rings is 1. The molecule has 7 heteroatoms. The van der Waals surface area contributed by atoms with Gasteiger partial charge in [0.15, 0.2) is 5.65 Å². The van der Waals surface area contributed by atoms with Crippen LogP contribution in [0.5, 0.6) is 0 Å². The van der Waals surface area contributed by atoms with Gasteiger partial charge >= 0.3 is 0 Å². The zero-order valence-electron chi connectivity index (χ0n) is 13.5. The molecule has 0 aliphatic heterocycles. The molecule has 128 valence electrons. The van der Waals surface area contributed by atoms with E-state index in [0.717, 1.165) is 17.5 Å². The van der Waals surface area contributed by atoms with Crippen LogP contribution in [0.2, 0.25) is 0 Å². The Morgan fingerprint density at radius 2 is 2.08 bits per heavy atom. The van der Waals surface area contributed by atoms with Crippen molar-refractivity contribution in [1.29, 1.82) is 0 Å². The van der Waals surface area contributed by atoms with Gasteiger partial charge in [-0.1, -0.05) is 24.3 Å². The molecule has 1 saturated carbocycles. The molecule has 1 fully saturated rings. The lowest BCUT2D eigenvalue weighted by molar-refractivity contribution is 0.137. The summed E-state index contributed by atoms with van der Waals surface area (Å²) in [7, 11) is 0. The molecule has 2 aliphatic rings. The molecule has 2 atom stereocenters. The van der Waals surface area contributed by atoms with Crippen molar-refractivity contribution in [2.24, 2.45) is 5.92 Å². The molecule has 5 nitrogen and oxygen atoms in total. The predicted octanol–water partition coefficient (Wildman–Crippen LogP) is 3.38. The highest BCUT2D eigenvalue weighted by Crippen LogP contribution is 2.61. The van der Waals surface area contributed by atoms with E-state index >= 15 is 0 Å². The van der Waals surface area contributed by atoms with Crippen LogP contribution in [0.15, 0.2) is 36.4 Å². The van der Waals surface area contributed by atoms with Crippen molar-refractivity contribution in [2.45, 2.75) is 31.1 Å². The minimum Gasteiger partial charge on any atom is -0.368 e. The lowest BCUT2D eigenvalue weighted by Crippen LogP contribution is -2.14. The summed E-state index contributed by atoms with van der Waals surface area (Å²) in [4.78, 5) is 0. The molecule has 1 aromatic carbocycles. The molecule has 0 amide bonds. The lowest BCUT2D eigenvalue weighted by atomic mass is 9.95. The summed E-state index contributed by atoms with van der Waals surface area (Å²) >= 11 is 0. The number of alkyl halides is 2. The van der Waals surface area contributed by atoms with Gasteiger partial charge in [0.1, 0.15) is 5.82 Å². The minimum absolute atomic E-state index is 0.304. The Morgan fingerprint density at radius 1 is 1.20 bits per heavy atom. The first-order chi connectivity index (χ1) is 12.2. The Hall–Kier alpha value is -2.57. The molecule has 3 aromatic rings. The van der Waals surface area contributed by atoms with E-state index in [1.54, 1.807) is 12.1 Å². The van der Waals surface area contributed by atoms with Crippen LogP contribution in [-0.4, -0.2) is 26.4 Å². The highest BCUT2D eigenvalue weighted by atomic mass is 19.3. The topological polar surface area (TPSA) is 55.1 Å². The number of aromatic nitrogens is 4. The lowest BCUT2D eigenvalue weighted by Gasteiger charge is -2.12. The number of nitrogens with one attached hydrogen (secondary N) is 1. The zero-order valence-corrected chi connectivity index (χ0v) is 13.5. The average molecular weight is 341 g/mol. The van der Waals surface area contributed by atoms with E-state index in [4.69, 9.17) is 0 Å². The van der Waals surface area contributed by atoms with Gasteiger partial charge in [-0.15, -0.1) is 15.3 Å². The molecule has 0 bridgehead atoms. The largest absolute Gasteiger partial charge is 0.368 e. The van der Waals surface area contributed by atoms with E-state index < -0.39 is 12.2 Å². The number of aryl methyl sites for hydroxylation is 1. The fourth-order valence-corrected chi connectivity index (χ4v) is 4.26. The number of hydrogen-bond donors (Lipinski definition) is 1. The van der Waals surface area contributed by atoms with Crippen molar-refractivity contribution in [3.8, 4) is 0 Å². The second-order valence-electron chi connectivity index (χ2n) is 6.94. The second-order valence-corrected chi connectivity index (χ2v) is 6.94. The first kappa shape index (κ1) is 14.7. The SMILES string of the molecule is FC(F)c1nnc2ccc(NC[C@H]3C[C@@]34CCc3ccccc34)nn12. The highest BCUT2D eigenvalue weighted by Gasteiger charge is 2.57. The second kappa shape index (κ2) is 5.21. The van der Waals surface area contributed by atoms with Crippen LogP contribution >= 0.6 is 0 Å². The van der Waals surface area contributed by atoms with Gasteiger partial charge in [-0.3, -0.25) is 0 Å². The van der Waals surface area contributed by atoms with Gasteiger partial charge in [0, 0.05) is 12.0 Å². The average Bonchev–Trinajstić information content (AvgIpc) is 2.97. The zero-order chi connectivity index (χ0) is 17.0. The van der Waals surface area contributed by atoms with Crippen LogP contribution in [0.1, 0.15) is 36.2 Å². The molecule has 1 N–H and O–H groups in total. The van der Waals surface area contributed by atoms with Gasteiger partial charge in [0.25, 0.3) is 6.43 Å². The summed E-state index contributed by atoms with van der Waals surface area (Å²) in [6.07, 6.45) is 0.828. The third-order valence-electron chi connectivity index (χ3n) is 5.64. The summed E-state index contributed by atoms with van der Waals surface area (Å²) in [5.41, 5.74) is 3.59. The van der Waals surface area contributed by atoms with E-state index in [1.807, 2.05) is 0 Å². The third kappa shape index (κ3) is 2.22.